The summed E-state index contributed by atoms with van der Waals surface area (Å²) < 4.78 is 34.1. The van der Waals surface area contributed by atoms with E-state index in [9.17, 15) is 13.6 Å². The number of halogens is 2. The molecule has 24 heavy (non-hydrogen) atoms. The van der Waals surface area contributed by atoms with E-state index in [1.807, 2.05) is 6.92 Å². The van der Waals surface area contributed by atoms with Crippen LogP contribution in [0, 0.1) is 0 Å². The average Bonchev–Trinajstić information content (AvgIpc) is 2.55. The van der Waals surface area contributed by atoms with Gasteiger partial charge in [0.1, 0.15) is 0 Å². The van der Waals surface area contributed by atoms with Crippen LogP contribution >= 0.6 is 0 Å². The molecule has 6 nitrogen and oxygen atoms in total. The predicted octanol–water partition coefficient (Wildman–Crippen LogP) is 3.57. The number of ether oxygens (including phenoxy) is 2. The van der Waals surface area contributed by atoms with Crippen LogP contribution < -0.4 is 20.1 Å². The van der Waals surface area contributed by atoms with E-state index >= 15 is 0 Å². The van der Waals surface area contributed by atoms with Crippen molar-refractivity contribution in [3.05, 3.63) is 48.3 Å². The number of anilines is 1. The van der Waals surface area contributed by atoms with Crippen molar-refractivity contribution in [2.75, 3.05) is 12.4 Å². The van der Waals surface area contributed by atoms with Gasteiger partial charge in [-0.1, -0.05) is 0 Å². The third-order valence-electron chi connectivity index (χ3n) is 3.19. The molecule has 2 rings (SSSR count). The summed E-state index contributed by atoms with van der Waals surface area (Å²) in [6, 6.07) is 7.06. The van der Waals surface area contributed by atoms with Crippen molar-refractivity contribution >= 4 is 11.7 Å². The number of amides is 2. The molecule has 1 atom stereocenters. The van der Waals surface area contributed by atoms with Crippen molar-refractivity contribution in [2.45, 2.75) is 19.6 Å². The molecule has 2 aromatic rings. The maximum Gasteiger partial charge on any atom is 0.387 e. The maximum absolute atomic E-state index is 12.4. The lowest BCUT2D eigenvalue weighted by Crippen LogP contribution is -2.31. The molecule has 0 aliphatic carbocycles. The van der Waals surface area contributed by atoms with Crippen LogP contribution in [-0.2, 0) is 0 Å². The largest absolute Gasteiger partial charge is 0.493 e. The highest BCUT2D eigenvalue weighted by atomic mass is 19.3. The van der Waals surface area contributed by atoms with Crippen LogP contribution in [0.2, 0.25) is 0 Å². The lowest BCUT2D eigenvalue weighted by Gasteiger charge is -2.16. The zero-order valence-corrected chi connectivity index (χ0v) is 13.1. The summed E-state index contributed by atoms with van der Waals surface area (Å²) in [6.07, 6.45) is 3.26. The Kier molecular flexibility index (Phi) is 5.89. The molecular formula is C16H17F2N3O3. The number of aromatic nitrogens is 1. The summed E-state index contributed by atoms with van der Waals surface area (Å²) in [5, 5.41) is 5.30. The monoisotopic (exact) mass is 337 g/mol. The summed E-state index contributed by atoms with van der Waals surface area (Å²) in [5.41, 5.74) is 1.18. The van der Waals surface area contributed by atoms with E-state index in [2.05, 4.69) is 20.4 Å². The second-order valence-corrected chi connectivity index (χ2v) is 4.84. The summed E-state index contributed by atoms with van der Waals surface area (Å²) >= 11 is 0. The number of rotatable bonds is 6. The minimum absolute atomic E-state index is 0.145. The van der Waals surface area contributed by atoms with Gasteiger partial charge in [0.15, 0.2) is 11.5 Å². The van der Waals surface area contributed by atoms with E-state index in [-0.39, 0.29) is 17.5 Å². The van der Waals surface area contributed by atoms with Gasteiger partial charge >= 0.3 is 12.6 Å². The van der Waals surface area contributed by atoms with Crippen molar-refractivity contribution in [3.8, 4) is 11.5 Å². The molecule has 0 saturated heterocycles. The Labute approximate surface area is 137 Å². The molecule has 2 amide bonds. The minimum atomic E-state index is -2.99. The molecule has 1 unspecified atom stereocenters. The first-order valence-electron chi connectivity index (χ1n) is 7.10. The van der Waals surface area contributed by atoms with Crippen LogP contribution in [0.3, 0.4) is 0 Å². The highest BCUT2D eigenvalue weighted by molar-refractivity contribution is 5.89. The molecule has 8 heteroatoms. The molecule has 2 N–H and O–H groups in total. The number of carbonyl (C=O) groups is 1. The second kappa shape index (κ2) is 8.09. The molecular weight excluding hydrogens is 320 g/mol. The third-order valence-corrected chi connectivity index (χ3v) is 3.19. The van der Waals surface area contributed by atoms with E-state index < -0.39 is 12.6 Å². The Bertz CT molecular complexity index is 684. The van der Waals surface area contributed by atoms with Crippen molar-refractivity contribution in [2.24, 2.45) is 0 Å². The molecule has 128 valence electrons. The van der Waals surface area contributed by atoms with Gasteiger partial charge in [0, 0.05) is 24.1 Å². The number of pyridine rings is 1. The number of hydrogen-bond acceptors (Lipinski definition) is 4. The van der Waals surface area contributed by atoms with E-state index in [0.29, 0.717) is 5.69 Å². The van der Waals surface area contributed by atoms with E-state index in [1.54, 1.807) is 24.5 Å². The van der Waals surface area contributed by atoms with Crippen molar-refractivity contribution < 1.29 is 23.0 Å². The van der Waals surface area contributed by atoms with E-state index in [0.717, 1.165) is 5.56 Å². The van der Waals surface area contributed by atoms with Gasteiger partial charge in [0.05, 0.1) is 13.2 Å². The summed E-state index contributed by atoms with van der Waals surface area (Å²) in [7, 11) is 1.34. The Morgan fingerprint density at radius 2 is 1.88 bits per heavy atom. The summed E-state index contributed by atoms with van der Waals surface area (Å²) in [6.45, 7) is -1.18. The molecule has 1 aromatic heterocycles. The fraction of sp³-hybridized carbons (Fsp3) is 0.250. The Balaban J connectivity index is 2.03. The smallest absolute Gasteiger partial charge is 0.387 e. The number of hydrogen-bond donors (Lipinski definition) is 2. The van der Waals surface area contributed by atoms with Gasteiger partial charge in [0.25, 0.3) is 0 Å². The lowest BCUT2D eigenvalue weighted by atomic mass is 10.1. The number of benzene rings is 1. The van der Waals surface area contributed by atoms with Crippen molar-refractivity contribution in [3.63, 3.8) is 0 Å². The molecule has 0 bridgehead atoms. The van der Waals surface area contributed by atoms with E-state index in [1.165, 1.54) is 25.3 Å². The number of urea groups is 1. The first-order valence-corrected chi connectivity index (χ1v) is 7.10. The molecule has 0 aliphatic heterocycles. The molecule has 0 fully saturated rings. The number of carbonyl (C=O) groups excluding carboxylic acids is 1. The van der Waals surface area contributed by atoms with Crippen LogP contribution in [0.1, 0.15) is 18.5 Å². The average molecular weight is 337 g/mol. The van der Waals surface area contributed by atoms with Gasteiger partial charge in [0.2, 0.25) is 0 Å². The number of nitrogens with zero attached hydrogens (tertiary/aromatic N) is 1. The standard InChI is InChI=1S/C16H17F2N3O3/c1-10(11-5-7-19-8-6-11)20-16(22)21-12-3-4-13(23-2)14(9-12)24-15(17)18/h3-10,15H,1-2H3,(H2,20,21,22). The molecule has 0 spiro atoms. The molecule has 1 heterocycles. The van der Waals surface area contributed by atoms with Crippen LogP contribution in [0.5, 0.6) is 11.5 Å². The molecule has 1 aromatic carbocycles. The van der Waals surface area contributed by atoms with Gasteiger partial charge in [-0.3, -0.25) is 4.98 Å². The Morgan fingerprint density at radius 1 is 1.17 bits per heavy atom. The van der Waals surface area contributed by atoms with Crippen LogP contribution in [-0.4, -0.2) is 24.7 Å². The van der Waals surface area contributed by atoms with E-state index in [4.69, 9.17) is 4.74 Å². The van der Waals surface area contributed by atoms with Crippen LogP contribution in [0.15, 0.2) is 42.7 Å². The van der Waals surface area contributed by atoms with Crippen LogP contribution in [0.4, 0.5) is 19.3 Å². The molecule has 0 saturated carbocycles. The van der Waals surface area contributed by atoms with Crippen molar-refractivity contribution in [1.82, 2.24) is 10.3 Å². The summed E-state index contributed by atoms with van der Waals surface area (Å²) in [4.78, 5) is 15.9. The fourth-order valence-electron chi connectivity index (χ4n) is 2.04. The zero-order valence-electron chi connectivity index (χ0n) is 13.1. The highest BCUT2D eigenvalue weighted by Crippen LogP contribution is 2.31. The lowest BCUT2D eigenvalue weighted by molar-refractivity contribution is -0.0511. The third kappa shape index (κ3) is 4.80. The zero-order chi connectivity index (χ0) is 17.5. The predicted molar refractivity (Wildman–Crippen MR) is 84.4 cm³/mol. The normalized spacial score (nSPS) is 11.7. The highest BCUT2D eigenvalue weighted by Gasteiger charge is 2.13. The first kappa shape index (κ1) is 17.5. The van der Waals surface area contributed by atoms with Gasteiger partial charge in [-0.05, 0) is 36.8 Å². The quantitative estimate of drug-likeness (QED) is 0.845. The van der Waals surface area contributed by atoms with Gasteiger partial charge in [-0.15, -0.1) is 0 Å². The van der Waals surface area contributed by atoms with Gasteiger partial charge < -0.3 is 20.1 Å². The van der Waals surface area contributed by atoms with Gasteiger partial charge in [-0.25, -0.2) is 4.79 Å². The fourth-order valence-corrected chi connectivity index (χ4v) is 2.04. The number of alkyl halides is 2. The van der Waals surface area contributed by atoms with Crippen molar-refractivity contribution in [1.29, 1.82) is 0 Å². The first-order chi connectivity index (χ1) is 11.5. The maximum atomic E-state index is 12.4. The molecule has 0 aliphatic rings. The summed E-state index contributed by atoms with van der Waals surface area (Å²) in [5.74, 6) is -0.0149. The second-order valence-electron chi connectivity index (χ2n) is 4.84. The van der Waals surface area contributed by atoms with Crippen LogP contribution in [0.25, 0.3) is 0 Å². The Hall–Kier alpha value is -2.90. The number of nitrogens with one attached hydrogen (secondary N) is 2. The minimum Gasteiger partial charge on any atom is -0.493 e. The SMILES string of the molecule is COc1ccc(NC(=O)NC(C)c2ccncc2)cc1OC(F)F. The Morgan fingerprint density at radius 3 is 2.50 bits per heavy atom. The number of methoxy groups -OCH3 is 1. The molecule has 0 radical (unpaired) electrons. The van der Waals surface area contributed by atoms with Gasteiger partial charge in [-0.2, -0.15) is 8.78 Å². The topological polar surface area (TPSA) is 72.5 Å².